The van der Waals surface area contributed by atoms with Crippen LogP contribution in [0.5, 0.6) is 11.5 Å². The number of nitrogens with zero attached hydrogens (tertiary/aromatic N) is 2. The van der Waals surface area contributed by atoms with E-state index in [4.69, 9.17) is 14.2 Å². The maximum absolute atomic E-state index is 12.9. The number of ether oxygens (including phenoxy) is 3. The molecule has 0 bridgehead atoms. The molecule has 3 heterocycles. The van der Waals surface area contributed by atoms with E-state index >= 15 is 0 Å². The zero-order valence-corrected chi connectivity index (χ0v) is 16.1. The first-order valence-corrected chi connectivity index (χ1v) is 9.91. The highest BCUT2D eigenvalue weighted by atomic mass is 32.1. The number of rotatable bonds is 5. The van der Waals surface area contributed by atoms with Crippen LogP contribution in [0.4, 0.5) is 0 Å². The molecule has 5 rings (SSSR count). The molecule has 0 radical (unpaired) electrons. The highest BCUT2D eigenvalue weighted by Crippen LogP contribution is 2.33. The first-order chi connectivity index (χ1) is 14.3. The predicted octanol–water partition coefficient (Wildman–Crippen LogP) is 4.69. The summed E-state index contributed by atoms with van der Waals surface area (Å²) in [6.07, 6.45) is 0. The monoisotopic (exact) mass is 404 g/mol. The molecule has 0 saturated carbocycles. The maximum atomic E-state index is 12.9. The van der Waals surface area contributed by atoms with Gasteiger partial charge in [-0.15, -0.1) is 11.3 Å². The summed E-state index contributed by atoms with van der Waals surface area (Å²) in [7, 11) is 0. The van der Waals surface area contributed by atoms with Crippen molar-refractivity contribution < 1.29 is 19.0 Å². The van der Waals surface area contributed by atoms with Crippen molar-refractivity contribution in [1.29, 1.82) is 0 Å². The Hall–Kier alpha value is -3.58. The van der Waals surface area contributed by atoms with Crippen LogP contribution in [0.25, 0.3) is 16.3 Å². The molecule has 0 saturated heterocycles. The molecule has 2 aromatic carbocycles. The largest absolute Gasteiger partial charge is 0.456 e. The number of hydrogen-bond acceptors (Lipinski definition) is 6. The third kappa shape index (κ3) is 3.48. The van der Waals surface area contributed by atoms with Crippen molar-refractivity contribution in [2.75, 3.05) is 6.79 Å². The fraction of sp³-hybridized carbons (Fsp3) is 0.0909. The topological polar surface area (TPSA) is 62.6 Å². The predicted molar refractivity (Wildman–Crippen MR) is 109 cm³/mol. The Morgan fingerprint density at radius 3 is 2.72 bits per heavy atom. The van der Waals surface area contributed by atoms with Crippen molar-refractivity contribution >= 4 is 17.3 Å². The number of carbonyl (C=O) groups excluding carboxylic acids is 1. The van der Waals surface area contributed by atoms with Crippen molar-refractivity contribution in [3.05, 3.63) is 83.4 Å². The average Bonchev–Trinajstić information content (AvgIpc) is 3.52. The quantitative estimate of drug-likeness (QED) is 0.452. The van der Waals surface area contributed by atoms with Crippen molar-refractivity contribution in [3.8, 4) is 27.8 Å². The Balaban J connectivity index is 1.42. The van der Waals surface area contributed by atoms with Crippen LogP contribution in [0, 0.1) is 0 Å². The van der Waals surface area contributed by atoms with E-state index in [2.05, 4.69) is 5.10 Å². The van der Waals surface area contributed by atoms with Crippen LogP contribution in [0.2, 0.25) is 0 Å². The summed E-state index contributed by atoms with van der Waals surface area (Å²) >= 11 is 1.57. The second-order valence-electron chi connectivity index (χ2n) is 6.40. The standard InChI is InChI=1S/C22H16N2O4S/c25-22(26-13-15-8-9-19-20(11-15)28-14-27-19)18-12-17(21-7-4-10-29-21)23-24(18)16-5-2-1-3-6-16/h1-12H,13-14H2. The van der Waals surface area contributed by atoms with Crippen molar-refractivity contribution in [2.24, 2.45) is 0 Å². The van der Waals surface area contributed by atoms with Gasteiger partial charge in [0.25, 0.3) is 0 Å². The molecule has 29 heavy (non-hydrogen) atoms. The molecule has 0 N–H and O–H groups in total. The first-order valence-electron chi connectivity index (χ1n) is 9.03. The number of thiophene rings is 1. The molecule has 2 aromatic heterocycles. The fourth-order valence-electron chi connectivity index (χ4n) is 3.09. The molecular formula is C22H16N2O4S. The SMILES string of the molecule is O=C(OCc1ccc2c(c1)OCO2)c1cc(-c2cccs2)nn1-c1ccccc1. The minimum atomic E-state index is -0.443. The van der Waals surface area contributed by atoms with Gasteiger partial charge in [-0.2, -0.15) is 5.10 Å². The zero-order valence-electron chi connectivity index (χ0n) is 15.3. The molecule has 1 aliphatic rings. The molecule has 0 unspecified atom stereocenters. The van der Waals surface area contributed by atoms with Gasteiger partial charge in [-0.3, -0.25) is 0 Å². The lowest BCUT2D eigenvalue weighted by molar-refractivity contribution is 0.0461. The van der Waals surface area contributed by atoms with Crippen LogP contribution in [0.1, 0.15) is 16.1 Å². The molecule has 4 aromatic rings. The Morgan fingerprint density at radius 1 is 1.03 bits per heavy atom. The van der Waals surface area contributed by atoms with Crippen molar-refractivity contribution in [2.45, 2.75) is 6.61 Å². The third-order valence-electron chi connectivity index (χ3n) is 4.50. The number of fused-ring (bicyclic) bond motifs is 1. The number of hydrogen-bond donors (Lipinski definition) is 0. The normalized spacial score (nSPS) is 12.1. The summed E-state index contributed by atoms with van der Waals surface area (Å²) in [5, 5.41) is 6.62. The Morgan fingerprint density at radius 2 is 1.90 bits per heavy atom. The third-order valence-corrected chi connectivity index (χ3v) is 5.39. The van der Waals surface area contributed by atoms with Gasteiger partial charge >= 0.3 is 5.97 Å². The van der Waals surface area contributed by atoms with Gasteiger partial charge < -0.3 is 14.2 Å². The van der Waals surface area contributed by atoms with E-state index in [1.165, 1.54) is 0 Å². The highest BCUT2D eigenvalue weighted by Gasteiger charge is 2.20. The smallest absolute Gasteiger partial charge is 0.357 e. The van der Waals surface area contributed by atoms with Gasteiger partial charge in [-0.25, -0.2) is 9.48 Å². The average molecular weight is 404 g/mol. The maximum Gasteiger partial charge on any atom is 0.357 e. The molecule has 0 fully saturated rings. The van der Waals surface area contributed by atoms with E-state index in [-0.39, 0.29) is 13.4 Å². The van der Waals surface area contributed by atoms with Crippen LogP contribution in [-0.4, -0.2) is 22.5 Å². The van der Waals surface area contributed by atoms with Gasteiger partial charge in [-0.1, -0.05) is 30.3 Å². The minimum Gasteiger partial charge on any atom is -0.456 e. The molecule has 6 nitrogen and oxygen atoms in total. The second kappa shape index (κ2) is 7.44. The molecule has 0 atom stereocenters. The van der Waals surface area contributed by atoms with Crippen LogP contribution in [0.3, 0.4) is 0 Å². The van der Waals surface area contributed by atoms with Gasteiger partial charge in [-0.05, 0) is 41.3 Å². The van der Waals surface area contributed by atoms with E-state index in [0.29, 0.717) is 17.2 Å². The Kier molecular flexibility index (Phi) is 4.50. The molecule has 0 amide bonds. The number of benzene rings is 2. The molecule has 144 valence electrons. The van der Waals surface area contributed by atoms with E-state index in [0.717, 1.165) is 21.8 Å². The Labute approximate surface area is 170 Å². The van der Waals surface area contributed by atoms with Crippen molar-refractivity contribution in [3.63, 3.8) is 0 Å². The molecule has 0 aliphatic carbocycles. The lowest BCUT2D eigenvalue weighted by Gasteiger charge is -2.08. The van der Waals surface area contributed by atoms with Gasteiger partial charge in [0.05, 0.1) is 10.6 Å². The van der Waals surface area contributed by atoms with Gasteiger partial charge in [0.15, 0.2) is 17.2 Å². The van der Waals surface area contributed by atoms with Crippen LogP contribution < -0.4 is 9.47 Å². The molecule has 0 spiro atoms. The summed E-state index contributed by atoms with van der Waals surface area (Å²) in [5.41, 5.74) is 2.73. The van der Waals surface area contributed by atoms with Crippen LogP contribution in [0.15, 0.2) is 72.1 Å². The zero-order chi connectivity index (χ0) is 19.6. The second-order valence-corrected chi connectivity index (χ2v) is 7.35. The van der Waals surface area contributed by atoms with E-state index in [9.17, 15) is 4.79 Å². The number of esters is 1. The number of para-hydroxylation sites is 1. The molecular weight excluding hydrogens is 388 g/mol. The van der Waals surface area contributed by atoms with Crippen LogP contribution in [-0.2, 0) is 11.3 Å². The number of aromatic nitrogens is 2. The van der Waals surface area contributed by atoms with E-state index < -0.39 is 5.97 Å². The molecule has 1 aliphatic heterocycles. The molecule has 7 heteroatoms. The lowest BCUT2D eigenvalue weighted by atomic mass is 10.2. The summed E-state index contributed by atoms with van der Waals surface area (Å²) in [6.45, 7) is 0.337. The summed E-state index contributed by atoms with van der Waals surface area (Å²) < 4.78 is 17.9. The minimum absolute atomic E-state index is 0.129. The fourth-order valence-corrected chi connectivity index (χ4v) is 3.77. The van der Waals surface area contributed by atoms with Gasteiger partial charge in [0, 0.05) is 6.07 Å². The lowest BCUT2D eigenvalue weighted by Crippen LogP contribution is -2.12. The summed E-state index contributed by atoms with van der Waals surface area (Å²) in [6, 6.07) is 20.7. The number of carbonyl (C=O) groups is 1. The van der Waals surface area contributed by atoms with Crippen molar-refractivity contribution in [1.82, 2.24) is 9.78 Å². The summed E-state index contributed by atoms with van der Waals surface area (Å²) in [4.78, 5) is 13.9. The van der Waals surface area contributed by atoms with E-state index in [1.54, 1.807) is 22.1 Å². The van der Waals surface area contributed by atoms with E-state index in [1.807, 2.05) is 66.0 Å². The summed E-state index contributed by atoms with van der Waals surface area (Å²) in [5.74, 6) is 0.914. The Bertz CT molecular complexity index is 1150. The highest BCUT2D eigenvalue weighted by molar-refractivity contribution is 7.13. The van der Waals surface area contributed by atoms with Gasteiger partial charge in [0.1, 0.15) is 12.3 Å². The van der Waals surface area contributed by atoms with Gasteiger partial charge in [0.2, 0.25) is 6.79 Å². The first kappa shape index (κ1) is 17.5. The van der Waals surface area contributed by atoms with Crippen LogP contribution >= 0.6 is 11.3 Å².